The Balaban J connectivity index is 1.82. The minimum Gasteiger partial charge on any atom is -0.394 e. The van der Waals surface area contributed by atoms with Crippen LogP contribution in [-0.2, 0) is 4.74 Å². The SMILES string of the molecule is C[C@@]1(O)[C@@H](O)[C@@H](CO)O[C@H]1n1ccc(NC(=O)c2ccccc2)nc1=O. The van der Waals surface area contributed by atoms with Gasteiger partial charge in [-0.3, -0.25) is 9.36 Å². The van der Waals surface area contributed by atoms with Crippen LogP contribution in [0.5, 0.6) is 0 Å². The average Bonchev–Trinajstić information content (AvgIpc) is 2.85. The third-order valence-electron chi connectivity index (χ3n) is 4.29. The smallest absolute Gasteiger partial charge is 0.351 e. The summed E-state index contributed by atoms with van der Waals surface area (Å²) in [6.07, 6.45) is -2.34. The van der Waals surface area contributed by atoms with Gasteiger partial charge in [0.2, 0.25) is 0 Å². The molecule has 2 heterocycles. The van der Waals surface area contributed by atoms with E-state index in [-0.39, 0.29) is 5.82 Å². The minimum absolute atomic E-state index is 0.0389. The van der Waals surface area contributed by atoms with E-state index < -0.39 is 42.2 Å². The number of carbonyl (C=O) groups is 1. The molecule has 3 rings (SSSR count). The Hall–Kier alpha value is -2.59. The van der Waals surface area contributed by atoms with E-state index >= 15 is 0 Å². The molecular weight excluding hydrogens is 342 g/mol. The number of hydrogen-bond donors (Lipinski definition) is 4. The number of rotatable bonds is 4. The van der Waals surface area contributed by atoms with Gasteiger partial charge >= 0.3 is 5.69 Å². The predicted octanol–water partition coefficient (Wildman–Crippen LogP) is -0.503. The lowest BCUT2D eigenvalue weighted by molar-refractivity contribution is -0.0986. The standard InChI is InChI=1S/C17H19N3O6/c1-17(25)13(22)11(9-21)26-15(17)20-8-7-12(19-16(20)24)18-14(23)10-5-3-2-4-6-10/h2-8,11,13,15,21-22,25H,9H2,1H3,(H,18,19,23,24)/t11-,13+,15-,17-/m1/s1. The summed E-state index contributed by atoms with van der Waals surface area (Å²) >= 11 is 0. The number of anilines is 1. The van der Waals surface area contributed by atoms with E-state index in [9.17, 15) is 24.9 Å². The second-order valence-corrected chi connectivity index (χ2v) is 6.20. The molecule has 4 atom stereocenters. The number of ether oxygens (including phenoxy) is 1. The summed E-state index contributed by atoms with van der Waals surface area (Å²) in [5.41, 5.74) is -2.17. The second kappa shape index (κ2) is 6.96. The van der Waals surface area contributed by atoms with Gasteiger partial charge in [-0.25, -0.2) is 4.79 Å². The number of aliphatic hydroxyl groups excluding tert-OH is 2. The lowest BCUT2D eigenvalue weighted by Crippen LogP contribution is -2.46. The van der Waals surface area contributed by atoms with Crippen LogP contribution >= 0.6 is 0 Å². The molecule has 0 bridgehead atoms. The molecule has 0 unspecified atom stereocenters. The van der Waals surface area contributed by atoms with E-state index in [1.165, 1.54) is 19.2 Å². The number of nitrogens with zero attached hydrogens (tertiary/aromatic N) is 2. The van der Waals surface area contributed by atoms with Crippen molar-refractivity contribution in [3.8, 4) is 0 Å². The number of aromatic nitrogens is 2. The maximum Gasteiger partial charge on any atom is 0.351 e. The zero-order valence-corrected chi connectivity index (χ0v) is 13.9. The van der Waals surface area contributed by atoms with Crippen LogP contribution in [0.15, 0.2) is 47.4 Å². The quantitative estimate of drug-likeness (QED) is 0.577. The summed E-state index contributed by atoms with van der Waals surface area (Å²) in [5.74, 6) is -0.382. The molecule has 2 aromatic rings. The van der Waals surface area contributed by atoms with Crippen molar-refractivity contribution >= 4 is 11.7 Å². The predicted molar refractivity (Wildman–Crippen MR) is 90.5 cm³/mol. The lowest BCUT2D eigenvalue weighted by atomic mass is 9.96. The van der Waals surface area contributed by atoms with Crippen LogP contribution in [0, 0.1) is 0 Å². The van der Waals surface area contributed by atoms with Crippen molar-refractivity contribution < 1.29 is 24.9 Å². The van der Waals surface area contributed by atoms with Gasteiger partial charge in [-0.05, 0) is 25.1 Å². The molecule has 1 aromatic carbocycles. The van der Waals surface area contributed by atoms with Gasteiger partial charge in [0.1, 0.15) is 23.6 Å². The number of hydrogen-bond acceptors (Lipinski definition) is 7. The van der Waals surface area contributed by atoms with Gasteiger partial charge < -0.3 is 25.4 Å². The Morgan fingerprint density at radius 2 is 2.04 bits per heavy atom. The molecular formula is C17H19N3O6. The molecule has 0 aliphatic carbocycles. The maximum absolute atomic E-state index is 12.3. The monoisotopic (exact) mass is 361 g/mol. The highest BCUT2D eigenvalue weighted by molar-refractivity contribution is 6.03. The molecule has 4 N–H and O–H groups in total. The molecule has 9 heteroatoms. The van der Waals surface area contributed by atoms with Crippen molar-refractivity contribution in [3.05, 3.63) is 58.6 Å². The lowest BCUT2D eigenvalue weighted by Gasteiger charge is -2.27. The summed E-state index contributed by atoms with van der Waals surface area (Å²) in [6.45, 7) is 0.788. The highest BCUT2D eigenvalue weighted by Gasteiger charge is 2.53. The van der Waals surface area contributed by atoms with Crippen LogP contribution in [0.25, 0.3) is 0 Å². The zero-order chi connectivity index (χ0) is 18.9. The highest BCUT2D eigenvalue weighted by atomic mass is 16.6. The fourth-order valence-electron chi connectivity index (χ4n) is 2.83. The van der Waals surface area contributed by atoms with Crippen LogP contribution in [0.3, 0.4) is 0 Å². The molecule has 1 aromatic heterocycles. The fraction of sp³-hybridized carbons (Fsp3) is 0.353. The third kappa shape index (κ3) is 3.25. The van der Waals surface area contributed by atoms with Gasteiger partial charge in [0.15, 0.2) is 6.23 Å². The maximum atomic E-state index is 12.3. The summed E-state index contributed by atoms with van der Waals surface area (Å²) in [7, 11) is 0. The van der Waals surface area contributed by atoms with E-state index in [1.807, 2.05) is 0 Å². The number of nitrogens with one attached hydrogen (secondary N) is 1. The number of aliphatic hydroxyl groups is 3. The van der Waals surface area contributed by atoms with Gasteiger partial charge in [0, 0.05) is 11.8 Å². The summed E-state index contributed by atoms with van der Waals surface area (Å²) in [5, 5.41) is 32.2. The van der Waals surface area contributed by atoms with E-state index in [2.05, 4.69) is 10.3 Å². The Bertz CT molecular complexity index is 851. The van der Waals surface area contributed by atoms with E-state index in [1.54, 1.807) is 30.3 Å². The average molecular weight is 361 g/mol. The van der Waals surface area contributed by atoms with Crippen LogP contribution in [-0.4, -0.2) is 55.2 Å². The first-order valence-electron chi connectivity index (χ1n) is 7.97. The van der Waals surface area contributed by atoms with Gasteiger partial charge in [-0.1, -0.05) is 18.2 Å². The summed E-state index contributed by atoms with van der Waals surface area (Å²) < 4.78 is 6.38. The molecule has 0 radical (unpaired) electrons. The van der Waals surface area contributed by atoms with E-state index in [0.717, 1.165) is 4.57 Å². The topological polar surface area (TPSA) is 134 Å². The van der Waals surface area contributed by atoms with Crippen molar-refractivity contribution in [2.24, 2.45) is 0 Å². The van der Waals surface area contributed by atoms with Gasteiger partial charge in [0.05, 0.1) is 6.61 Å². The Morgan fingerprint density at radius 3 is 2.62 bits per heavy atom. The molecule has 1 saturated heterocycles. The third-order valence-corrected chi connectivity index (χ3v) is 4.29. The van der Waals surface area contributed by atoms with Crippen LogP contribution in [0.1, 0.15) is 23.5 Å². The fourth-order valence-corrected chi connectivity index (χ4v) is 2.83. The largest absolute Gasteiger partial charge is 0.394 e. The molecule has 1 aliphatic heterocycles. The molecule has 138 valence electrons. The molecule has 26 heavy (non-hydrogen) atoms. The van der Waals surface area contributed by atoms with Gasteiger partial charge in [-0.15, -0.1) is 0 Å². The first-order valence-corrected chi connectivity index (χ1v) is 7.97. The number of carbonyl (C=O) groups excluding carboxylic acids is 1. The Labute approximate surface area is 148 Å². The highest BCUT2D eigenvalue weighted by Crippen LogP contribution is 2.37. The van der Waals surface area contributed by atoms with Crippen molar-refractivity contribution in [1.29, 1.82) is 0 Å². The molecule has 0 spiro atoms. The summed E-state index contributed by atoms with van der Waals surface area (Å²) in [6, 6.07) is 9.82. The van der Waals surface area contributed by atoms with Gasteiger partial charge in [0.25, 0.3) is 5.91 Å². The number of benzene rings is 1. The summed E-state index contributed by atoms with van der Waals surface area (Å²) in [4.78, 5) is 28.2. The number of amides is 1. The van der Waals surface area contributed by atoms with Crippen molar-refractivity contribution in [1.82, 2.24) is 9.55 Å². The zero-order valence-electron chi connectivity index (χ0n) is 13.9. The van der Waals surface area contributed by atoms with Crippen LogP contribution in [0.2, 0.25) is 0 Å². The van der Waals surface area contributed by atoms with Gasteiger partial charge in [-0.2, -0.15) is 4.98 Å². The first kappa shape index (κ1) is 18.2. The Morgan fingerprint density at radius 1 is 1.35 bits per heavy atom. The Kier molecular flexibility index (Phi) is 4.88. The second-order valence-electron chi connectivity index (χ2n) is 6.20. The molecule has 1 fully saturated rings. The molecule has 1 aliphatic rings. The molecule has 9 nitrogen and oxygen atoms in total. The van der Waals surface area contributed by atoms with Crippen molar-refractivity contribution in [3.63, 3.8) is 0 Å². The van der Waals surface area contributed by atoms with Crippen molar-refractivity contribution in [2.45, 2.75) is 31.0 Å². The van der Waals surface area contributed by atoms with Crippen molar-refractivity contribution in [2.75, 3.05) is 11.9 Å². The first-order chi connectivity index (χ1) is 12.3. The molecule has 1 amide bonds. The van der Waals surface area contributed by atoms with Crippen LogP contribution < -0.4 is 11.0 Å². The normalized spacial score (nSPS) is 28.1. The molecule has 0 saturated carbocycles. The van der Waals surface area contributed by atoms with Crippen LogP contribution in [0.4, 0.5) is 5.82 Å². The van der Waals surface area contributed by atoms with E-state index in [0.29, 0.717) is 5.56 Å². The minimum atomic E-state index is -1.80. The van der Waals surface area contributed by atoms with E-state index in [4.69, 9.17) is 4.74 Å².